The van der Waals surface area contributed by atoms with Crippen molar-refractivity contribution in [1.29, 1.82) is 0 Å². The zero-order valence-electron chi connectivity index (χ0n) is 14.6. The Balaban J connectivity index is 2.09. The summed E-state index contributed by atoms with van der Waals surface area (Å²) < 4.78 is 11.1. The number of ether oxygens (including phenoxy) is 2. The van der Waals surface area contributed by atoms with Crippen LogP contribution in [-0.4, -0.2) is 20.3 Å². The van der Waals surface area contributed by atoms with E-state index in [1.54, 1.807) is 14.2 Å². The highest BCUT2D eigenvalue weighted by atomic mass is 35.5. The van der Waals surface area contributed by atoms with Crippen LogP contribution in [0.2, 0.25) is 5.02 Å². The van der Waals surface area contributed by atoms with Crippen LogP contribution in [-0.2, 0) is 19.3 Å². The topological polar surface area (TPSA) is 44.5 Å². The quantitative estimate of drug-likeness (QED) is 0.768. The summed E-state index contributed by atoms with van der Waals surface area (Å²) in [6, 6.07) is 12.2. The number of hydrogen-bond donors (Lipinski definition) is 1. The highest BCUT2D eigenvalue weighted by molar-refractivity contribution is 6.30. The zero-order chi connectivity index (χ0) is 17.5. The SMILES string of the molecule is COc1cc(CC(C)N)c(OC)cc1CCCc1ccc(Cl)cc1. The maximum absolute atomic E-state index is 5.93. The first kappa shape index (κ1) is 18.6. The molecule has 0 heterocycles. The lowest BCUT2D eigenvalue weighted by molar-refractivity contribution is 0.393. The molecule has 0 aliphatic carbocycles. The minimum atomic E-state index is 0.0827. The van der Waals surface area contributed by atoms with Crippen molar-refractivity contribution in [3.05, 3.63) is 58.1 Å². The van der Waals surface area contributed by atoms with E-state index in [0.29, 0.717) is 0 Å². The van der Waals surface area contributed by atoms with E-state index in [1.165, 1.54) is 5.56 Å². The van der Waals surface area contributed by atoms with Crippen molar-refractivity contribution in [2.75, 3.05) is 14.2 Å². The van der Waals surface area contributed by atoms with Gasteiger partial charge < -0.3 is 15.2 Å². The number of nitrogens with two attached hydrogens (primary N) is 1. The maximum atomic E-state index is 5.93. The van der Waals surface area contributed by atoms with Crippen LogP contribution in [0.15, 0.2) is 36.4 Å². The van der Waals surface area contributed by atoms with Gasteiger partial charge >= 0.3 is 0 Å². The average Bonchev–Trinajstić information content (AvgIpc) is 2.56. The van der Waals surface area contributed by atoms with E-state index in [0.717, 1.165) is 53.3 Å². The molecule has 1 unspecified atom stereocenters. The lowest BCUT2D eigenvalue weighted by atomic mass is 9.99. The van der Waals surface area contributed by atoms with Gasteiger partial charge in [0, 0.05) is 11.1 Å². The molecule has 2 aromatic rings. The highest BCUT2D eigenvalue weighted by Gasteiger charge is 2.12. The van der Waals surface area contributed by atoms with Crippen molar-refractivity contribution in [2.45, 2.75) is 38.6 Å². The number of rotatable bonds is 8. The number of halogens is 1. The van der Waals surface area contributed by atoms with E-state index in [2.05, 4.69) is 24.3 Å². The molecule has 0 fully saturated rings. The minimum absolute atomic E-state index is 0.0827. The van der Waals surface area contributed by atoms with E-state index in [4.69, 9.17) is 26.8 Å². The molecule has 0 aliphatic rings. The van der Waals surface area contributed by atoms with Crippen LogP contribution < -0.4 is 15.2 Å². The molecule has 0 aromatic heterocycles. The molecular weight excluding hydrogens is 322 g/mol. The van der Waals surface area contributed by atoms with E-state index >= 15 is 0 Å². The van der Waals surface area contributed by atoms with Crippen LogP contribution in [0, 0.1) is 0 Å². The molecule has 0 saturated heterocycles. The molecule has 0 spiro atoms. The van der Waals surface area contributed by atoms with Crippen molar-refractivity contribution in [1.82, 2.24) is 0 Å². The van der Waals surface area contributed by atoms with Crippen molar-refractivity contribution < 1.29 is 9.47 Å². The van der Waals surface area contributed by atoms with Gasteiger partial charge in [0.1, 0.15) is 11.5 Å². The Kier molecular flexibility index (Phi) is 6.95. The molecule has 0 bridgehead atoms. The van der Waals surface area contributed by atoms with E-state index in [9.17, 15) is 0 Å². The van der Waals surface area contributed by atoms with Crippen molar-refractivity contribution in [2.24, 2.45) is 5.73 Å². The van der Waals surface area contributed by atoms with Gasteiger partial charge in [0.25, 0.3) is 0 Å². The second kappa shape index (κ2) is 8.95. The molecule has 0 saturated carbocycles. The molecule has 0 radical (unpaired) electrons. The van der Waals surface area contributed by atoms with Crippen LogP contribution in [0.1, 0.15) is 30.0 Å². The Morgan fingerprint density at radius 1 is 0.958 bits per heavy atom. The Morgan fingerprint density at radius 2 is 1.54 bits per heavy atom. The van der Waals surface area contributed by atoms with Crippen LogP contribution >= 0.6 is 11.6 Å². The van der Waals surface area contributed by atoms with E-state index in [1.807, 2.05) is 19.1 Å². The van der Waals surface area contributed by atoms with Gasteiger partial charge in [-0.2, -0.15) is 0 Å². The van der Waals surface area contributed by atoms with Gasteiger partial charge in [0.2, 0.25) is 0 Å². The minimum Gasteiger partial charge on any atom is -0.496 e. The molecule has 2 aromatic carbocycles. The molecular formula is C20H26ClNO2. The van der Waals surface area contributed by atoms with Gasteiger partial charge in [-0.3, -0.25) is 0 Å². The van der Waals surface area contributed by atoms with Crippen LogP contribution in [0.3, 0.4) is 0 Å². The smallest absolute Gasteiger partial charge is 0.122 e. The standard InChI is InChI=1S/C20H26ClNO2/c1-14(22)11-17-13-19(23-2)16(12-20(17)24-3)6-4-5-15-7-9-18(21)10-8-15/h7-10,12-14H,4-6,11,22H2,1-3H3. The van der Waals surface area contributed by atoms with Gasteiger partial charge in [0.05, 0.1) is 14.2 Å². The van der Waals surface area contributed by atoms with Gasteiger partial charge in [0.15, 0.2) is 0 Å². The molecule has 3 nitrogen and oxygen atoms in total. The number of hydrogen-bond acceptors (Lipinski definition) is 3. The molecule has 4 heteroatoms. The van der Waals surface area contributed by atoms with Gasteiger partial charge in [-0.15, -0.1) is 0 Å². The third kappa shape index (κ3) is 5.15. The van der Waals surface area contributed by atoms with E-state index in [-0.39, 0.29) is 6.04 Å². The monoisotopic (exact) mass is 347 g/mol. The third-order valence-electron chi connectivity index (χ3n) is 4.05. The number of benzene rings is 2. The van der Waals surface area contributed by atoms with Crippen LogP contribution in [0.25, 0.3) is 0 Å². The van der Waals surface area contributed by atoms with Crippen molar-refractivity contribution in [3.8, 4) is 11.5 Å². The average molecular weight is 348 g/mol. The van der Waals surface area contributed by atoms with Gasteiger partial charge in [-0.05, 0) is 73.6 Å². The number of aryl methyl sites for hydroxylation is 2. The Labute approximate surface area is 149 Å². The first-order valence-corrected chi connectivity index (χ1v) is 8.65. The van der Waals surface area contributed by atoms with Crippen molar-refractivity contribution in [3.63, 3.8) is 0 Å². The Hall–Kier alpha value is -1.71. The molecule has 24 heavy (non-hydrogen) atoms. The Bertz CT molecular complexity index is 653. The fourth-order valence-electron chi connectivity index (χ4n) is 2.86. The summed E-state index contributed by atoms with van der Waals surface area (Å²) in [6.07, 6.45) is 3.74. The van der Waals surface area contributed by atoms with Crippen LogP contribution in [0.5, 0.6) is 11.5 Å². The zero-order valence-corrected chi connectivity index (χ0v) is 15.4. The first-order chi connectivity index (χ1) is 11.5. The Morgan fingerprint density at radius 3 is 2.12 bits per heavy atom. The number of methoxy groups -OCH3 is 2. The first-order valence-electron chi connectivity index (χ1n) is 8.27. The van der Waals surface area contributed by atoms with Crippen molar-refractivity contribution >= 4 is 11.6 Å². The fourth-order valence-corrected chi connectivity index (χ4v) is 2.99. The summed E-state index contributed by atoms with van der Waals surface area (Å²) in [5, 5.41) is 0.773. The highest BCUT2D eigenvalue weighted by Crippen LogP contribution is 2.31. The second-order valence-corrected chi connectivity index (χ2v) is 6.57. The molecule has 2 rings (SSSR count). The normalized spacial score (nSPS) is 12.0. The molecule has 2 N–H and O–H groups in total. The van der Waals surface area contributed by atoms with E-state index < -0.39 is 0 Å². The molecule has 1 atom stereocenters. The predicted octanol–water partition coefficient (Wildman–Crippen LogP) is 4.42. The van der Waals surface area contributed by atoms with Crippen LogP contribution in [0.4, 0.5) is 0 Å². The molecule has 130 valence electrons. The maximum Gasteiger partial charge on any atom is 0.122 e. The third-order valence-corrected chi connectivity index (χ3v) is 4.30. The largest absolute Gasteiger partial charge is 0.496 e. The molecule has 0 aliphatic heterocycles. The lowest BCUT2D eigenvalue weighted by Gasteiger charge is -2.16. The van der Waals surface area contributed by atoms with Gasteiger partial charge in [-0.1, -0.05) is 23.7 Å². The van der Waals surface area contributed by atoms with Gasteiger partial charge in [-0.25, -0.2) is 0 Å². The summed E-state index contributed by atoms with van der Waals surface area (Å²) >= 11 is 5.93. The lowest BCUT2D eigenvalue weighted by Crippen LogP contribution is -2.18. The summed E-state index contributed by atoms with van der Waals surface area (Å²) in [4.78, 5) is 0. The summed E-state index contributed by atoms with van der Waals surface area (Å²) in [5.74, 6) is 1.79. The molecule has 0 amide bonds. The summed E-state index contributed by atoms with van der Waals surface area (Å²) in [5.41, 5.74) is 9.47. The summed E-state index contributed by atoms with van der Waals surface area (Å²) in [7, 11) is 3.41. The fraction of sp³-hybridized carbons (Fsp3) is 0.400. The predicted molar refractivity (Wildman–Crippen MR) is 100 cm³/mol. The second-order valence-electron chi connectivity index (χ2n) is 6.14. The summed E-state index contributed by atoms with van der Waals surface area (Å²) in [6.45, 7) is 1.99.